The molecule has 114 valence electrons. The fraction of sp³-hybridized carbons (Fsp3) is 0.500. The van der Waals surface area contributed by atoms with Gasteiger partial charge in [0.1, 0.15) is 12.2 Å². The number of hydrogen-bond donors (Lipinski definition) is 4. The first-order chi connectivity index (χ1) is 9.85. The minimum Gasteiger partial charge on any atom is -0.394 e. The number of aliphatic hydroxyl groups excluding tert-OH is 2. The number of aliphatic hydroxyl groups is 2. The molecule has 0 saturated carbocycles. The molecule has 0 amide bonds. The van der Waals surface area contributed by atoms with Gasteiger partial charge in [0.2, 0.25) is 0 Å². The average molecular weight is 298 g/mol. The molecule has 1 aromatic heterocycles. The monoisotopic (exact) mass is 298 g/mol. The summed E-state index contributed by atoms with van der Waals surface area (Å²) in [6, 6.07) is 0. The summed E-state index contributed by atoms with van der Waals surface area (Å²) in [6.07, 6.45) is -2.96. The molecule has 2 heterocycles. The van der Waals surface area contributed by atoms with E-state index in [2.05, 4.69) is 16.8 Å². The van der Waals surface area contributed by atoms with E-state index in [0.29, 0.717) is 0 Å². The molecular weight excluding hydrogens is 283 g/mol. The van der Waals surface area contributed by atoms with Gasteiger partial charge in [0, 0.05) is 0 Å². The van der Waals surface area contributed by atoms with Crippen LogP contribution in [0.5, 0.6) is 0 Å². The van der Waals surface area contributed by atoms with E-state index in [1.165, 1.54) is 6.92 Å². The molecule has 0 aromatic carbocycles. The second kappa shape index (κ2) is 5.42. The molecule has 1 aliphatic rings. The van der Waals surface area contributed by atoms with Gasteiger partial charge in [-0.3, -0.25) is 4.57 Å². The van der Waals surface area contributed by atoms with Gasteiger partial charge >= 0.3 is 5.69 Å². The third kappa shape index (κ3) is 2.38. The van der Waals surface area contributed by atoms with E-state index in [4.69, 9.17) is 16.2 Å². The third-order valence-corrected chi connectivity index (χ3v) is 3.26. The van der Waals surface area contributed by atoms with Crippen molar-refractivity contribution in [2.24, 2.45) is 5.73 Å². The van der Waals surface area contributed by atoms with Crippen LogP contribution in [0.3, 0.4) is 0 Å². The van der Waals surface area contributed by atoms with Gasteiger partial charge in [0.15, 0.2) is 23.4 Å². The van der Waals surface area contributed by atoms with Gasteiger partial charge < -0.3 is 26.4 Å². The highest BCUT2D eigenvalue weighted by atomic mass is 19.1. The molecule has 1 aliphatic heterocycles. The van der Waals surface area contributed by atoms with Crippen LogP contribution in [0.1, 0.15) is 13.2 Å². The summed E-state index contributed by atoms with van der Waals surface area (Å²) in [5.74, 6) is 3.57. The average Bonchev–Trinajstić information content (AvgIpc) is 2.67. The molecular formula is C12H15FN4O4. The van der Waals surface area contributed by atoms with Gasteiger partial charge in [0.05, 0.1) is 12.8 Å². The Labute approximate surface area is 119 Å². The zero-order valence-electron chi connectivity index (χ0n) is 11.2. The van der Waals surface area contributed by atoms with Crippen molar-refractivity contribution in [1.82, 2.24) is 9.55 Å². The third-order valence-electron chi connectivity index (χ3n) is 3.26. The molecule has 0 bridgehead atoms. The van der Waals surface area contributed by atoms with Gasteiger partial charge in [-0.1, -0.05) is 5.92 Å². The number of aromatic nitrogens is 2. The highest BCUT2D eigenvalue weighted by Crippen LogP contribution is 2.35. The van der Waals surface area contributed by atoms with E-state index in [9.17, 15) is 19.4 Å². The number of nitrogens with two attached hydrogens (primary N) is 2. The summed E-state index contributed by atoms with van der Waals surface area (Å²) >= 11 is 0. The molecule has 1 saturated heterocycles. The lowest BCUT2D eigenvalue weighted by atomic mass is 9.91. The summed E-state index contributed by atoms with van der Waals surface area (Å²) in [7, 11) is 0. The Hall–Kier alpha value is -1.99. The SMILES string of the molecule is CC#CC1(N)C(O)[C@@H](CO)O[C@H]1n1cc(F)c(N)nc1=O. The lowest BCUT2D eigenvalue weighted by Crippen LogP contribution is -2.55. The van der Waals surface area contributed by atoms with Crippen LogP contribution in [0.25, 0.3) is 0 Å². The molecule has 2 rings (SSSR count). The van der Waals surface area contributed by atoms with Crippen molar-refractivity contribution in [2.75, 3.05) is 12.3 Å². The fourth-order valence-corrected chi connectivity index (χ4v) is 2.22. The van der Waals surface area contributed by atoms with Crippen LogP contribution in [0, 0.1) is 17.7 Å². The van der Waals surface area contributed by atoms with E-state index in [-0.39, 0.29) is 0 Å². The number of halogens is 1. The first-order valence-corrected chi connectivity index (χ1v) is 6.06. The molecule has 0 aliphatic carbocycles. The molecule has 2 unspecified atom stereocenters. The Balaban J connectivity index is 2.58. The van der Waals surface area contributed by atoms with Crippen LogP contribution in [-0.2, 0) is 4.74 Å². The molecule has 0 spiro atoms. The van der Waals surface area contributed by atoms with Gasteiger partial charge in [-0.25, -0.2) is 9.18 Å². The summed E-state index contributed by atoms with van der Waals surface area (Å²) in [6.45, 7) is 0.941. The molecule has 21 heavy (non-hydrogen) atoms. The van der Waals surface area contributed by atoms with Crippen LogP contribution < -0.4 is 17.2 Å². The fourth-order valence-electron chi connectivity index (χ4n) is 2.22. The summed E-state index contributed by atoms with van der Waals surface area (Å²) in [4.78, 5) is 15.2. The molecule has 9 heteroatoms. The zero-order chi connectivity index (χ0) is 15.8. The van der Waals surface area contributed by atoms with Crippen molar-refractivity contribution in [3.8, 4) is 11.8 Å². The Morgan fingerprint density at radius 2 is 2.33 bits per heavy atom. The van der Waals surface area contributed by atoms with Gasteiger partial charge in [-0.05, 0) is 6.92 Å². The Morgan fingerprint density at radius 1 is 1.67 bits per heavy atom. The maximum absolute atomic E-state index is 13.5. The number of ether oxygens (including phenoxy) is 1. The lowest BCUT2D eigenvalue weighted by Gasteiger charge is -2.27. The van der Waals surface area contributed by atoms with Gasteiger partial charge in [-0.15, -0.1) is 5.92 Å². The van der Waals surface area contributed by atoms with Crippen LogP contribution >= 0.6 is 0 Å². The highest BCUT2D eigenvalue weighted by molar-refractivity contribution is 5.29. The second-order valence-electron chi connectivity index (χ2n) is 4.63. The molecule has 1 aromatic rings. The number of rotatable bonds is 2. The lowest BCUT2D eigenvalue weighted by molar-refractivity contribution is -0.0479. The van der Waals surface area contributed by atoms with Crippen LogP contribution in [-0.4, -0.2) is 44.1 Å². The summed E-state index contributed by atoms with van der Waals surface area (Å²) in [5.41, 5.74) is 8.61. The summed E-state index contributed by atoms with van der Waals surface area (Å²) in [5, 5.41) is 19.3. The minimum atomic E-state index is -1.70. The van der Waals surface area contributed by atoms with E-state index < -0.39 is 47.9 Å². The minimum absolute atomic E-state index is 0.540. The first kappa shape index (κ1) is 15.4. The first-order valence-electron chi connectivity index (χ1n) is 6.06. The Kier molecular flexibility index (Phi) is 3.97. The van der Waals surface area contributed by atoms with Gasteiger partial charge in [0.25, 0.3) is 0 Å². The topological polar surface area (TPSA) is 137 Å². The number of nitrogens with zero attached hydrogens (tertiary/aromatic N) is 2. The Bertz CT molecular complexity index is 667. The molecule has 6 N–H and O–H groups in total. The van der Waals surface area contributed by atoms with Crippen molar-refractivity contribution >= 4 is 5.82 Å². The van der Waals surface area contributed by atoms with E-state index in [1.807, 2.05) is 0 Å². The standard InChI is InChI=1S/C12H15FN4O4/c1-2-3-12(15)8(19)7(5-18)21-10(12)17-4-6(13)9(14)16-11(17)20/h4,7-8,10,18-19H,5,15H2,1H3,(H2,14,16,20)/t7-,8?,10-,12?/m1/s1. The summed E-state index contributed by atoms with van der Waals surface area (Å²) < 4.78 is 19.6. The molecule has 1 fully saturated rings. The number of anilines is 1. The largest absolute Gasteiger partial charge is 0.394 e. The van der Waals surface area contributed by atoms with Crippen LogP contribution in [0.2, 0.25) is 0 Å². The molecule has 4 atom stereocenters. The van der Waals surface area contributed by atoms with E-state index in [0.717, 1.165) is 10.8 Å². The van der Waals surface area contributed by atoms with Crippen molar-refractivity contribution in [2.45, 2.75) is 30.9 Å². The van der Waals surface area contributed by atoms with Crippen molar-refractivity contribution in [1.29, 1.82) is 0 Å². The molecule has 0 radical (unpaired) electrons. The zero-order valence-corrected chi connectivity index (χ0v) is 11.2. The van der Waals surface area contributed by atoms with E-state index in [1.54, 1.807) is 0 Å². The number of hydrogen-bond acceptors (Lipinski definition) is 7. The van der Waals surface area contributed by atoms with E-state index >= 15 is 0 Å². The second-order valence-corrected chi connectivity index (χ2v) is 4.63. The van der Waals surface area contributed by atoms with Crippen LogP contribution in [0.15, 0.2) is 11.0 Å². The normalized spacial score (nSPS) is 31.8. The van der Waals surface area contributed by atoms with Gasteiger partial charge in [-0.2, -0.15) is 4.98 Å². The van der Waals surface area contributed by atoms with Crippen molar-refractivity contribution in [3.63, 3.8) is 0 Å². The predicted molar refractivity (Wildman–Crippen MR) is 70.2 cm³/mol. The van der Waals surface area contributed by atoms with Crippen molar-refractivity contribution < 1.29 is 19.3 Å². The highest BCUT2D eigenvalue weighted by Gasteiger charge is 2.54. The quantitative estimate of drug-likeness (QED) is 0.461. The number of nitrogen functional groups attached to an aromatic ring is 1. The molecule has 8 nitrogen and oxygen atoms in total. The van der Waals surface area contributed by atoms with Crippen molar-refractivity contribution in [3.05, 3.63) is 22.5 Å². The predicted octanol–water partition coefficient (Wildman–Crippen LogP) is -2.06. The smallest absolute Gasteiger partial charge is 0.351 e. The van der Waals surface area contributed by atoms with Crippen LogP contribution in [0.4, 0.5) is 10.2 Å². The maximum Gasteiger partial charge on any atom is 0.351 e. The Morgan fingerprint density at radius 3 is 2.90 bits per heavy atom. The maximum atomic E-state index is 13.5.